The zero-order valence-corrected chi connectivity index (χ0v) is 10.4. The van der Waals surface area contributed by atoms with Crippen LogP contribution in [0.5, 0.6) is 0 Å². The summed E-state index contributed by atoms with van der Waals surface area (Å²) in [6.45, 7) is 13.6. The standard InChI is InChI=1S/C11H22.C2H6/c1-5-11-7-9(3)8(2)6-10(11)4;1-2/h8-11H,5-7H2,1-4H3;1-2H3. The van der Waals surface area contributed by atoms with Gasteiger partial charge in [0.1, 0.15) is 0 Å². The highest BCUT2D eigenvalue weighted by Gasteiger charge is 2.28. The molecule has 1 fully saturated rings. The topological polar surface area (TPSA) is 0 Å². The molecule has 0 amide bonds. The fourth-order valence-electron chi connectivity index (χ4n) is 2.52. The van der Waals surface area contributed by atoms with Crippen LogP contribution < -0.4 is 0 Å². The van der Waals surface area contributed by atoms with Crippen LogP contribution in [0.15, 0.2) is 0 Å². The predicted octanol–water partition coefficient (Wildman–Crippen LogP) is 4.74. The summed E-state index contributed by atoms with van der Waals surface area (Å²) in [5, 5.41) is 0. The molecule has 4 atom stereocenters. The second-order valence-corrected chi connectivity index (χ2v) is 4.57. The summed E-state index contributed by atoms with van der Waals surface area (Å²) in [6.07, 6.45) is 4.32. The first kappa shape index (κ1) is 13.0. The maximum atomic E-state index is 2.43. The molecule has 1 aliphatic carbocycles. The molecular weight excluding hydrogens is 156 g/mol. The van der Waals surface area contributed by atoms with Gasteiger partial charge in [-0.05, 0) is 36.5 Å². The lowest BCUT2D eigenvalue weighted by molar-refractivity contribution is 0.141. The van der Waals surface area contributed by atoms with Crippen molar-refractivity contribution >= 4 is 0 Å². The molecule has 0 saturated heterocycles. The van der Waals surface area contributed by atoms with Crippen molar-refractivity contribution in [2.45, 2.75) is 60.8 Å². The van der Waals surface area contributed by atoms with E-state index in [9.17, 15) is 0 Å². The Kier molecular flexibility index (Phi) is 6.45. The quantitative estimate of drug-likeness (QED) is 0.552. The zero-order chi connectivity index (χ0) is 10.4. The molecule has 0 heterocycles. The van der Waals surface area contributed by atoms with Crippen LogP contribution in [0.1, 0.15) is 60.8 Å². The average Bonchev–Trinajstić information content (AvgIpc) is 2.15. The van der Waals surface area contributed by atoms with Gasteiger partial charge in [0.2, 0.25) is 0 Å². The molecule has 0 aromatic carbocycles. The lowest BCUT2D eigenvalue weighted by Crippen LogP contribution is -2.27. The molecule has 13 heavy (non-hydrogen) atoms. The maximum Gasteiger partial charge on any atom is -0.0388 e. The van der Waals surface area contributed by atoms with Crippen LogP contribution in [0, 0.1) is 23.7 Å². The molecule has 4 unspecified atom stereocenters. The van der Waals surface area contributed by atoms with Gasteiger partial charge in [-0.1, -0.05) is 48.0 Å². The Morgan fingerprint density at radius 2 is 1.31 bits per heavy atom. The van der Waals surface area contributed by atoms with Crippen molar-refractivity contribution in [3.8, 4) is 0 Å². The molecule has 0 spiro atoms. The third kappa shape index (κ3) is 3.70. The molecule has 0 aliphatic heterocycles. The van der Waals surface area contributed by atoms with Crippen molar-refractivity contribution in [3.63, 3.8) is 0 Å². The molecule has 0 aromatic rings. The van der Waals surface area contributed by atoms with E-state index in [-0.39, 0.29) is 0 Å². The van der Waals surface area contributed by atoms with Gasteiger partial charge in [0.25, 0.3) is 0 Å². The number of hydrogen-bond donors (Lipinski definition) is 0. The first-order chi connectivity index (χ1) is 6.15. The molecule has 0 N–H and O–H groups in total. The molecule has 1 aliphatic rings. The minimum Gasteiger partial charge on any atom is -0.0683 e. The Hall–Kier alpha value is 0. The van der Waals surface area contributed by atoms with Gasteiger partial charge in [-0.2, -0.15) is 0 Å². The largest absolute Gasteiger partial charge is 0.0683 e. The Balaban J connectivity index is 0.000000671. The summed E-state index contributed by atoms with van der Waals surface area (Å²) in [5.74, 6) is 3.93. The van der Waals surface area contributed by atoms with Crippen LogP contribution in [0.25, 0.3) is 0 Å². The van der Waals surface area contributed by atoms with Crippen LogP contribution in [0.4, 0.5) is 0 Å². The van der Waals surface area contributed by atoms with Crippen molar-refractivity contribution in [1.29, 1.82) is 0 Å². The van der Waals surface area contributed by atoms with E-state index in [1.807, 2.05) is 13.8 Å². The van der Waals surface area contributed by atoms with Gasteiger partial charge in [-0.25, -0.2) is 0 Å². The van der Waals surface area contributed by atoms with E-state index in [0.29, 0.717) is 0 Å². The molecule has 80 valence electrons. The SMILES string of the molecule is CC.CCC1CC(C)C(C)CC1C. The first-order valence-corrected chi connectivity index (χ1v) is 6.15. The summed E-state index contributed by atoms with van der Waals surface area (Å²) >= 11 is 0. The summed E-state index contributed by atoms with van der Waals surface area (Å²) in [6, 6.07) is 0. The summed E-state index contributed by atoms with van der Waals surface area (Å²) in [7, 11) is 0. The highest BCUT2D eigenvalue weighted by atomic mass is 14.3. The smallest absolute Gasteiger partial charge is 0.0388 e. The predicted molar refractivity (Wildman–Crippen MR) is 61.9 cm³/mol. The maximum absolute atomic E-state index is 2.43. The molecular formula is C13H28. The summed E-state index contributed by atoms with van der Waals surface area (Å²) in [5.41, 5.74) is 0. The van der Waals surface area contributed by atoms with E-state index in [0.717, 1.165) is 23.7 Å². The van der Waals surface area contributed by atoms with Crippen molar-refractivity contribution < 1.29 is 0 Å². The number of hydrogen-bond acceptors (Lipinski definition) is 0. The van der Waals surface area contributed by atoms with E-state index < -0.39 is 0 Å². The van der Waals surface area contributed by atoms with Crippen LogP contribution in [-0.4, -0.2) is 0 Å². The van der Waals surface area contributed by atoms with E-state index in [1.165, 1.54) is 19.3 Å². The summed E-state index contributed by atoms with van der Waals surface area (Å²) < 4.78 is 0. The van der Waals surface area contributed by atoms with Crippen LogP contribution in [0.2, 0.25) is 0 Å². The van der Waals surface area contributed by atoms with Crippen molar-refractivity contribution in [3.05, 3.63) is 0 Å². The van der Waals surface area contributed by atoms with E-state index in [4.69, 9.17) is 0 Å². The van der Waals surface area contributed by atoms with Crippen LogP contribution in [-0.2, 0) is 0 Å². The van der Waals surface area contributed by atoms with Gasteiger partial charge < -0.3 is 0 Å². The molecule has 0 nitrogen and oxygen atoms in total. The van der Waals surface area contributed by atoms with E-state index in [2.05, 4.69) is 27.7 Å². The van der Waals surface area contributed by atoms with Crippen molar-refractivity contribution in [2.75, 3.05) is 0 Å². The van der Waals surface area contributed by atoms with Gasteiger partial charge in [-0.3, -0.25) is 0 Å². The third-order valence-electron chi connectivity index (χ3n) is 3.72. The van der Waals surface area contributed by atoms with Gasteiger partial charge >= 0.3 is 0 Å². The monoisotopic (exact) mass is 184 g/mol. The Morgan fingerprint density at radius 1 is 0.846 bits per heavy atom. The van der Waals surface area contributed by atoms with Crippen LogP contribution in [0.3, 0.4) is 0 Å². The fraction of sp³-hybridized carbons (Fsp3) is 1.00. The van der Waals surface area contributed by atoms with Gasteiger partial charge in [-0.15, -0.1) is 0 Å². The van der Waals surface area contributed by atoms with E-state index in [1.54, 1.807) is 0 Å². The van der Waals surface area contributed by atoms with Crippen LogP contribution >= 0.6 is 0 Å². The highest BCUT2D eigenvalue weighted by molar-refractivity contribution is 4.79. The molecule has 0 aromatic heterocycles. The zero-order valence-electron chi connectivity index (χ0n) is 10.4. The van der Waals surface area contributed by atoms with E-state index >= 15 is 0 Å². The lowest BCUT2D eigenvalue weighted by atomic mass is 9.69. The molecule has 0 heteroatoms. The normalized spacial score (nSPS) is 39.2. The lowest BCUT2D eigenvalue weighted by Gasteiger charge is -2.36. The van der Waals surface area contributed by atoms with Crippen molar-refractivity contribution in [2.24, 2.45) is 23.7 Å². The van der Waals surface area contributed by atoms with Gasteiger partial charge in [0.15, 0.2) is 0 Å². The second-order valence-electron chi connectivity index (χ2n) is 4.57. The average molecular weight is 184 g/mol. The van der Waals surface area contributed by atoms with Gasteiger partial charge in [0.05, 0.1) is 0 Å². The summed E-state index contributed by atoms with van der Waals surface area (Å²) in [4.78, 5) is 0. The first-order valence-electron chi connectivity index (χ1n) is 6.15. The number of rotatable bonds is 1. The molecule has 1 saturated carbocycles. The molecule has 0 radical (unpaired) electrons. The van der Waals surface area contributed by atoms with Crippen molar-refractivity contribution in [1.82, 2.24) is 0 Å². The Morgan fingerprint density at radius 3 is 1.77 bits per heavy atom. The van der Waals surface area contributed by atoms with Gasteiger partial charge in [0, 0.05) is 0 Å². The third-order valence-corrected chi connectivity index (χ3v) is 3.72. The highest BCUT2D eigenvalue weighted by Crippen LogP contribution is 2.38. The molecule has 1 rings (SSSR count). The minimum atomic E-state index is 0.966. The Bertz CT molecular complexity index is 117. The second kappa shape index (κ2) is 6.45. The Labute approximate surface area is 85.1 Å². The molecule has 0 bridgehead atoms. The minimum absolute atomic E-state index is 0.966. The fourth-order valence-corrected chi connectivity index (χ4v) is 2.52.